The second-order valence-electron chi connectivity index (χ2n) is 7.40. The number of likely N-dealkylation sites (tertiary alicyclic amines) is 1. The predicted molar refractivity (Wildman–Crippen MR) is 119 cm³/mol. The molecule has 0 saturated carbocycles. The molecule has 0 aliphatic carbocycles. The van der Waals surface area contributed by atoms with Crippen LogP contribution in [0.15, 0.2) is 55.1 Å². The van der Waals surface area contributed by atoms with E-state index >= 15 is 0 Å². The van der Waals surface area contributed by atoms with E-state index in [1.54, 1.807) is 18.6 Å². The highest BCUT2D eigenvalue weighted by Gasteiger charge is 2.26. The third-order valence-corrected chi connectivity index (χ3v) is 5.21. The van der Waals surface area contributed by atoms with Gasteiger partial charge in [0.1, 0.15) is 17.9 Å². The molecule has 0 unspecified atom stereocenters. The van der Waals surface area contributed by atoms with Crippen LogP contribution in [0.1, 0.15) is 38.4 Å². The SMILES string of the molecule is CC=O.C[C@@H]1CC[C@H](c2nc(Nc3ccncc3)cc(-c3cccnc3)n2)CN1C. The van der Waals surface area contributed by atoms with Crippen LogP contribution in [0.25, 0.3) is 11.3 Å². The fourth-order valence-electron chi connectivity index (χ4n) is 3.45. The molecule has 1 saturated heterocycles. The maximum Gasteiger partial charge on any atom is 0.135 e. The van der Waals surface area contributed by atoms with Crippen LogP contribution in [0, 0.1) is 0 Å². The van der Waals surface area contributed by atoms with Crippen LogP contribution < -0.4 is 5.32 Å². The number of carbonyl (C=O) groups is 1. The van der Waals surface area contributed by atoms with Crippen LogP contribution in [-0.4, -0.2) is 50.8 Å². The normalized spacial score (nSPS) is 18.8. The summed E-state index contributed by atoms with van der Waals surface area (Å²) in [5.41, 5.74) is 2.85. The maximum absolute atomic E-state index is 8.81. The smallest absolute Gasteiger partial charge is 0.135 e. The monoisotopic (exact) mass is 404 g/mol. The molecule has 7 nitrogen and oxygen atoms in total. The fourth-order valence-corrected chi connectivity index (χ4v) is 3.45. The van der Waals surface area contributed by atoms with Crippen molar-refractivity contribution in [1.29, 1.82) is 0 Å². The molecule has 3 aromatic heterocycles. The zero-order chi connectivity index (χ0) is 21.3. The number of hydrogen-bond donors (Lipinski definition) is 1. The molecule has 3 aromatic rings. The number of nitrogens with one attached hydrogen (secondary N) is 1. The van der Waals surface area contributed by atoms with E-state index in [0.29, 0.717) is 12.0 Å². The highest BCUT2D eigenvalue weighted by Crippen LogP contribution is 2.30. The summed E-state index contributed by atoms with van der Waals surface area (Å²) < 4.78 is 0. The molecule has 1 N–H and O–H groups in total. The Bertz CT molecular complexity index is 935. The molecule has 0 bridgehead atoms. The van der Waals surface area contributed by atoms with Crippen LogP contribution >= 0.6 is 0 Å². The molecule has 4 rings (SSSR count). The molecule has 0 spiro atoms. The second-order valence-corrected chi connectivity index (χ2v) is 7.40. The molecule has 7 heteroatoms. The van der Waals surface area contributed by atoms with Crippen molar-refractivity contribution >= 4 is 17.8 Å². The van der Waals surface area contributed by atoms with Crippen LogP contribution in [0.2, 0.25) is 0 Å². The van der Waals surface area contributed by atoms with Crippen LogP contribution in [0.4, 0.5) is 11.5 Å². The molecule has 0 aromatic carbocycles. The van der Waals surface area contributed by atoms with Gasteiger partial charge in [-0.1, -0.05) is 0 Å². The first-order valence-electron chi connectivity index (χ1n) is 10.2. The number of likely N-dealkylation sites (N-methyl/N-ethyl adjacent to an activating group) is 1. The molecular weight excluding hydrogens is 376 g/mol. The summed E-state index contributed by atoms with van der Waals surface area (Å²) in [6.07, 6.45) is 10.2. The lowest BCUT2D eigenvalue weighted by Crippen LogP contribution is -2.38. The summed E-state index contributed by atoms with van der Waals surface area (Å²) in [4.78, 5) is 29.3. The van der Waals surface area contributed by atoms with Crippen molar-refractivity contribution in [2.45, 2.75) is 38.6 Å². The minimum atomic E-state index is 0.334. The zero-order valence-electron chi connectivity index (χ0n) is 17.7. The van der Waals surface area contributed by atoms with Crippen molar-refractivity contribution in [1.82, 2.24) is 24.8 Å². The molecule has 30 heavy (non-hydrogen) atoms. The average Bonchev–Trinajstić information content (AvgIpc) is 2.77. The van der Waals surface area contributed by atoms with Gasteiger partial charge in [0, 0.05) is 60.6 Å². The van der Waals surface area contributed by atoms with Gasteiger partial charge in [0.15, 0.2) is 0 Å². The van der Waals surface area contributed by atoms with E-state index in [0.717, 1.165) is 54.3 Å². The van der Waals surface area contributed by atoms with Gasteiger partial charge in [-0.2, -0.15) is 0 Å². The number of pyridine rings is 2. The minimum absolute atomic E-state index is 0.334. The number of piperidine rings is 1. The first-order valence-corrected chi connectivity index (χ1v) is 10.2. The van der Waals surface area contributed by atoms with Crippen molar-refractivity contribution in [2.24, 2.45) is 0 Å². The van der Waals surface area contributed by atoms with Crippen LogP contribution in [0.5, 0.6) is 0 Å². The molecule has 1 aliphatic rings. The van der Waals surface area contributed by atoms with Crippen molar-refractivity contribution in [3.8, 4) is 11.3 Å². The van der Waals surface area contributed by atoms with Crippen LogP contribution in [-0.2, 0) is 4.79 Å². The molecule has 2 atom stereocenters. The number of hydrogen-bond acceptors (Lipinski definition) is 7. The van der Waals surface area contributed by atoms with Crippen molar-refractivity contribution in [3.05, 3.63) is 60.9 Å². The fraction of sp³-hybridized carbons (Fsp3) is 0.348. The topological polar surface area (TPSA) is 83.9 Å². The van der Waals surface area contributed by atoms with Gasteiger partial charge >= 0.3 is 0 Å². The van der Waals surface area contributed by atoms with Gasteiger partial charge in [-0.15, -0.1) is 0 Å². The average molecular weight is 405 g/mol. The van der Waals surface area contributed by atoms with Gasteiger partial charge in [0.05, 0.1) is 5.69 Å². The van der Waals surface area contributed by atoms with Gasteiger partial charge in [0.2, 0.25) is 0 Å². The van der Waals surface area contributed by atoms with E-state index in [9.17, 15) is 0 Å². The number of carbonyl (C=O) groups excluding carboxylic acids is 1. The van der Waals surface area contributed by atoms with E-state index < -0.39 is 0 Å². The Morgan fingerprint density at radius 2 is 1.87 bits per heavy atom. The summed E-state index contributed by atoms with van der Waals surface area (Å²) in [6.45, 7) is 4.70. The molecule has 0 amide bonds. The lowest BCUT2D eigenvalue weighted by atomic mass is 9.93. The number of aldehydes is 1. The largest absolute Gasteiger partial charge is 0.340 e. The lowest BCUT2D eigenvalue weighted by Gasteiger charge is -2.34. The summed E-state index contributed by atoms with van der Waals surface area (Å²) in [5.74, 6) is 2.03. The highest BCUT2D eigenvalue weighted by molar-refractivity contribution is 5.65. The summed E-state index contributed by atoms with van der Waals surface area (Å²) in [5, 5.41) is 3.39. The van der Waals surface area contributed by atoms with Gasteiger partial charge in [0.25, 0.3) is 0 Å². The van der Waals surface area contributed by atoms with Crippen molar-refractivity contribution in [2.75, 3.05) is 18.9 Å². The molecule has 156 valence electrons. The van der Waals surface area contributed by atoms with E-state index in [1.807, 2.05) is 36.5 Å². The number of rotatable bonds is 4. The van der Waals surface area contributed by atoms with E-state index in [2.05, 4.69) is 34.2 Å². The Morgan fingerprint density at radius 1 is 1.10 bits per heavy atom. The second kappa shape index (κ2) is 10.5. The Labute approximate surface area is 177 Å². The molecule has 1 fully saturated rings. The Balaban J connectivity index is 0.000000806. The summed E-state index contributed by atoms with van der Waals surface area (Å²) in [6, 6.07) is 10.4. The van der Waals surface area contributed by atoms with Crippen molar-refractivity contribution in [3.63, 3.8) is 0 Å². The number of aromatic nitrogens is 4. The van der Waals surface area contributed by atoms with Crippen molar-refractivity contribution < 1.29 is 4.79 Å². The summed E-state index contributed by atoms with van der Waals surface area (Å²) >= 11 is 0. The van der Waals surface area contributed by atoms with Crippen LogP contribution in [0.3, 0.4) is 0 Å². The Morgan fingerprint density at radius 3 is 2.53 bits per heavy atom. The first-order chi connectivity index (χ1) is 14.6. The van der Waals surface area contributed by atoms with Gasteiger partial charge in [-0.05, 0) is 58.0 Å². The Hall–Kier alpha value is -3.19. The minimum Gasteiger partial charge on any atom is -0.340 e. The van der Waals surface area contributed by atoms with E-state index in [-0.39, 0.29) is 0 Å². The lowest BCUT2D eigenvalue weighted by molar-refractivity contribution is -0.106. The standard InChI is InChI=1S/C21H24N6.C2H4O/c1-15-5-6-17(14-27(15)2)21-25-19(16-4-3-9-23-13-16)12-20(26-21)24-18-7-10-22-11-8-18;1-2-3/h3-4,7-13,15,17H,5-6,14H2,1-2H3,(H,22,24,25,26);2H,1H3/t15-,17+;/m1./s1. The molecule has 4 heterocycles. The Kier molecular flexibility index (Phi) is 7.57. The molecule has 1 aliphatic heterocycles. The first kappa shape index (κ1) is 21.5. The third kappa shape index (κ3) is 5.67. The predicted octanol–water partition coefficient (Wildman–Crippen LogP) is 4.08. The van der Waals surface area contributed by atoms with E-state index in [4.69, 9.17) is 14.8 Å². The molecule has 0 radical (unpaired) electrons. The number of anilines is 2. The third-order valence-electron chi connectivity index (χ3n) is 5.21. The van der Waals surface area contributed by atoms with Gasteiger partial charge in [-0.3, -0.25) is 9.97 Å². The van der Waals surface area contributed by atoms with Gasteiger partial charge < -0.3 is 15.0 Å². The highest BCUT2D eigenvalue weighted by atomic mass is 16.1. The summed E-state index contributed by atoms with van der Waals surface area (Å²) in [7, 11) is 2.18. The maximum atomic E-state index is 8.81. The van der Waals surface area contributed by atoms with Gasteiger partial charge in [-0.25, -0.2) is 9.97 Å². The number of nitrogens with zero attached hydrogens (tertiary/aromatic N) is 5. The zero-order valence-corrected chi connectivity index (χ0v) is 17.7. The van der Waals surface area contributed by atoms with E-state index in [1.165, 1.54) is 6.92 Å². The molecular formula is C23H28N6O. The quantitative estimate of drug-likeness (QED) is 0.656.